The Balaban J connectivity index is 0.000000480. The third kappa shape index (κ3) is 40.4. The number of benzene rings is 5. The Morgan fingerprint density at radius 1 is 0.425 bits per heavy atom. The molecule has 2 aromatic heterocycles. The first kappa shape index (κ1) is 102. The minimum Gasteiger partial charge on any atom is -0.481 e. The number of aromatic nitrogens is 2. The average Bonchev–Trinajstić information content (AvgIpc) is 0.827. The number of aliphatic carboxylic acids is 1. The predicted molar refractivity (Wildman–Crippen MR) is 425 cm³/mol. The van der Waals surface area contributed by atoms with Gasteiger partial charge in [0, 0.05) is 76.3 Å². The monoisotopic (exact) mass is 1810 g/mol. The third-order valence-electron chi connectivity index (χ3n) is 17.1. The number of halogens is 13. The molecule has 7 aromatic rings. The number of alkyl halides is 6. The fourth-order valence-corrected chi connectivity index (χ4v) is 13.2. The summed E-state index contributed by atoms with van der Waals surface area (Å²) in [6, 6.07) is 27.1. The summed E-state index contributed by atoms with van der Waals surface area (Å²) in [4.78, 5) is 42.6. The first-order valence-electron chi connectivity index (χ1n) is 35.7. The van der Waals surface area contributed by atoms with Crippen LogP contribution in [-0.4, -0.2) is 121 Å². The molecule has 0 radical (unpaired) electrons. The quantitative estimate of drug-likeness (QED) is 0.0200. The number of pyridine rings is 2. The van der Waals surface area contributed by atoms with E-state index in [4.69, 9.17) is 21.3 Å². The number of nitrogens with zero attached hydrogens (tertiary/aromatic N) is 2. The van der Waals surface area contributed by atoms with E-state index in [1.54, 1.807) is 57.2 Å². The minimum atomic E-state index is -4.53. The van der Waals surface area contributed by atoms with Gasteiger partial charge in [-0.25, -0.2) is 65.6 Å². The Morgan fingerprint density at radius 2 is 0.735 bits per heavy atom. The molecule has 0 bridgehead atoms. The molecule has 0 aliphatic rings. The minimum absolute atomic E-state index is 0.0223. The Morgan fingerprint density at radius 3 is 1.04 bits per heavy atom. The Hall–Kier alpha value is -7.08. The van der Waals surface area contributed by atoms with Crippen molar-refractivity contribution < 1.29 is 106 Å². The second-order valence-corrected chi connectivity index (χ2v) is 37.6. The molecule has 0 saturated carbocycles. The molecule has 0 aliphatic carbocycles. The van der Waals surface area contributed by atoms with Crippen LogP contribution in [0.25, 0.3) is 0 Å². The van der Waals surface area contributed by atoms with Crippen molar-refractivity contribution in [1.82, 2.24) is 9.97 Å². The maximum absolute atomic E-state index is 14.4. The summed E-state index contributed by atoms with van der Waals surface area (Å²) >= 11 is 6.27. The molecule has 628 valence electrons. The van der Waals surface area contributed by atoms with E-state index in [1.165, 1.54) is 67.6 Å². The van der Waals surface area contributed by atoms with Gasteiger partial charge in [0.1, 0.15) is 85.6 Å². The molecule has 0 amide bonds. The predicted octanol–water partition coefficient (Wildman–Crippen LogP) is 17.1. The van der Waals surface area contributed by atoms with E-state index < -0.39 is 110 Å². The number of Topliss-reactive ketones (excluding diaryl/α,β-unsaturated/α-hetero) is 1. The molecule has 0 aliphatic heterocycles. The zero-order valence-corrected chi connectivity index (χ0v) is 70.9. The highest BCUT2D eigenvalue weighted by Gasteiger charge is 2.34. The molecule has 2 heterocycles. The first-order chi connectivity index (χ1) is 52.4. The molecule has 3 atom stereocenters. The number of esters is 1. The molecule has 113 heavy (non-hydrogen) atoms. The SMILES string of the molecule is CC(C(=O)O)c1ccc(CCS(C)(=O)=O)c(F)c1.CCCCCc1nc(C(F)(F)F)ccc1CCC(=O)C(C)c1ccc(CCS(C)(=O)=O)c(F)c1.CCCCCc1nc(C(F)(F)F)ccc1CN.CCOC(=O)C(C)c1ccc(CCS(C)(=O)=O)c(F)c1.CS(=O)(=O)CCc1ccc(Br)cc1F.NCc1ccc(Br)cc1F. The maximum atomic E-state index is 14.4. The number of carboxylic acids is 1. The van der Waals surface area contributed by atoms with Crippen LogP contribution in [0.2, 0.25) is 0 Å². The number of hydrogen-bond acceptors (Lipinski definition) is 16. The van der Waals surface area contributed by atoms with Gasteiger partial charge in [0.15, 0.2) is 0 Å². The first-order valence-corrected chi connectivity index (χ1v) is 45.6. The Labute approximate surface area is 673 Å². The zero-order chi connectivity index (χ0) is 86.0. The van der Waals surface area contributed by atoms with Crippen LogP contribution in [0, 0.1) is 29.1 Å². The standard InChI is InChI=1S/C25H31F4NO3S.C14H19FO4S.C12H17F3N2.C12H15FO4S.C9H10BrFO2S.C7H7BrFN/c1-4-5-6-7-22-19(11-13-24(30-22)25(27,28)29)10-12-23(31)17(2)20-9-8-18(21(26)16-20)14-15-34(3,32)33;1-4-19-14(16)10(2)12-6-5-11(13(15)9-12)7-8-20(3,17)18;1-2-3-4-5-10-9(8-16)6-7-11(17-10)12(13,14)15;1-8(12(14)15)10-4-3-9(11(13)7-10)5-6-18(2,16)17;1-14(12,13)5-4-7-2-3-8(10)6-9(7)11;8-6-2-1-5(4-10)7(9)3-6/h8-9,11,13,16-17H,4-7,10,12,14-15H2,1-3H3;5-6,9-10H,4,7-8H2,1-3H3;6-7H,2-5,8,16H2,1H3;3-4,7-8H,5-6H2,1-2H3,(H,14,15);2-3,6H,4-5H2,1H3;1-3H,4,10H2. The average molecular weight is 1810 g/mol. The largest absolute Gasteiger partial charge is 0.481 e. The number of carbonyl (C=O) groups excluding carboxylic acids is 2. The highest BCUT2D eigenvalue weighted by molar-refractivity contribution is 9.10. The van der Waals surface area contributed by atoms with E-state index in [0.717, 1.165) is 79.8 Å². The lowest BCUT2D eigenvalue weighted by atomic mass is 9.91. The van der Waals surface area contributed by atoms with Crippen LogP contribution in [0.15, 0.2) is 124 Å². The molecule has 5 aromatic carbocycles. The van der Waals surface area contributed by atoms with E-state index in [9.17, 15) is 96.3 Å². The van der Waals surface area contributed by atoms with E-state index >= 15 is 0 Å². The highest BCUT2D eigenvalue weighted by Crippen LogP contribution is 2.32. The van der Waals surface area contributed by atoms with Crippen LogP contribution in [-0.2, 0) is 129 Å². The second-order valence-electron chi connectivity index (χ2n) is 26.7. The number of rotatable bonds is 32. The van der Waals surface area contributed by atoms with Gasteiger partial charge >= 0.3 is 24.3 Å². The van der Waals surface area contributed by atoms with Crippen molar-refractivity contribution in [2.75, 3.05) is 54.6 Å². The van der Waals surface area contributed by atoms with E-state index in [2.05, 4.69) is 41.8 Å². The summed E-state index contributed by atoms with van der Waals surface area (Å²) in [5, 5.41) is 8.80. The van der Waals surface area contributed by atoms with Gasteiger partial charge in [0.25, 0.3) is 0 Å². The normalized spacial score (nSPS) is 12.5. The topological polar surface area (TPSA) is 295 Å². The van der Waals surface area contributed by atoms with E-state index in [-0.39, 0.29) is 110 Å². The fraction of sp³-hybridized carbons (Fsp3) is 0.456. The summed E-state index contributed by atoms with van der Waals surface area (Å²) in [5.41, 5.74) is 14.3. The summed E-state index contributed by atoms with van der Waals surface area (Å²) < 4.78 is 239. The van der Waals surface area contributed by atoms with Crippen LogP contribution < -0.4 is 11.5 Å². The van der Waals surface area contributed by atoms with Crippen molar-refractivity contribution in [1.29, 1.82) is 0 Å². The van der Waals surface area contributed by atoms with E-state index in [0.29, 0.717) is 79.6 Å². The smallest absolute Gasteiger partial charge is 0.433 e. The molecule has 3 unspecified atom stereocenters. The lowest BCUT2D eigenvalue weighted by Gasteiger charge is -2.15. The van der Waals surface area contributed by atoms with Gasteiger partial charge < -0.3 is 21.3 Å². The molecular weight excluding hydrogens is 1710 g/mol. The number of nitrogens with two attached hydrogens (primary N) is 2. The molecule has 0 saturated heterocycles. The molecule has 0 spiro atoms. The van der Waals surface area contributed by atoms with Gasteiger partial charge in [-0.2, -0.15) is 26.3 Å². The number of unbranched alkanes of at least 4 members (excludes halogenated alkanes) is 4. The van der Waals surface area contributed by atoms with E-state index in [1.807, 2.05) is 13.8 Å². The van der Waals surface area contributed by atoms with Crippen LogP contribution >= 0.6 is 31.9 Å². The molecule has 5 N–H and O–H groups in total. The summed E-state index contributed by atoms with van der Waals surface area (Å²) in [6.45, 7) is 11.3. The molecule has 0 fully saturated rings. The Kier molecular flexibility index (Phi) is 43.7. The number of ether oxygens (including phenoxy) is 1. The van der Waals surface area contributed by atoms with Gasteiger partial charge in [-0.1, -0.05) is 139 Å². The Bertz CT molecular complexity index is 4730. The number of carboxylic acid groups (broad SMARTS) is 1. The third-order valence-corrected chi connectivity index (χ3v) is 21.8. The highest BCUT2D eigenvalue weighted by atomic mass is 79.9. The number of aryl methyl sites for hydroxylation is 7. The summed E-state index contributed by atoms with van der Waals surface area (Å²) in [7, 11) is -12.5. The number of carbonyl (C=O) groups is 3. The van der Waals surface area contributed by atoms with Gasteiger partial charge in [0.05, 0.1) is 41.5 Å². The molecule has 34 heteroatoms. The van der Waals surface area contributed by atoms with Crippen LogP contribution in [0.4, 0.5) is 48.3 Å². The molecular formula is C79H99Br2F11N4O13S4. The van der Waals surface area contributed by atoms with Gasteiger partial charge in [-0.15, -0.1) is 0 Å². The van der Waals surface area contributed by atoms with Crippen molar-refractivity contribution in [3.63, 3.8) is 0 Å². The van der Waals surface area contributed by atoms with Crippen LogP contribution in [0.1, 0.15) is 183 Å². The fourth-order valence-electron chi connectivity index (χ4n) is 10.2. The van der Waals surface area contributed by atoms with Gasteiger partial charge in [0.2, 0.25) is 0 Å². The summed E-state index contributed by atoms with van der Waals surface area (Å²) in [6.07, 6.45) is 2.69. The van der Waals surface area contributed by atoms with Crippen molar-refractivity contribution >= 4 is 88.9 Å². The number of hydrogen-bond donors (Lipinski definition) is 3. The maximum Gasteiger partial charge on any atom is 0.433 e. The van der Waals surface area contributed by atoms with Gasteiger partial charge in [-0.3, -0.25) is 14.4 Å². The molecule has 7 rings (SSSR count). The van der Waals surface area contributed by atoms with Crippen LogP contribution in [0.3, 0.4) is 0 Å². The summed E-state index contributed by atoms with van der Waals surface area (Å²) in [5.74, 6) is -6.21. The van der Waals surface area contributed by atoms with Crippen molar-refractivity contribution in [3.05, 3.63) is 232 Å². The van der Waals surface area contributed by atoms with Crippen molar-refractivity contribution in [3.8, 4) is 0 Å². The number of sulfone groups is 4. The lowest BCUT2D eigenvalue weighted by molar-refractivity contribution is -0.144. The van der Waals surface area contributed by atoms with Crippen LogP contribution in [0.5, 0.6) is 0 Å². The zero-order valence-electron chi connectivity index (χ0n) is 64.5. The lowest BCUT2D eigenvalue weighted by Crippen LogP contribution is -2.14. The molecule has 17 nitrogen and oxygen atoms in total. The van der Waals surface area contributed by atoms with Gasteiger partial charge in [-0.05, 0) is 183 Å². The second kappa shape index (κ2) is 48.5. The number of ketones is 1. The van der Waals surface area contributed by atoms with Crippen molar-refractivity contribution in [2.45, 2.75) is 175 Å². The van der Waals surface area contributed by atoms with Crippen molar-refractivity contribution in [2.24, 2.45) is 11.5 Å².